The third-order valence-electron chi connectivity index (χ3n) is 6.69. The normalized spacial score (nSPS) is 19.8. The molecule has 0 bridgehead atoms. The highest BCUT2D eigenvalue weighted by Gasteiger charge is 2.44. The maximum Gasteiger partial charge on any atom is 0.254 e. The van der Waals surface area contributed by atoms with Crippen molar-refractivity contribution in [3.63, 3.8) is 0 Å². The van der Waals surface area contributed by atoms with Gasteiger partial charge in [0.15, 0.2) is 0 Å². The second kappa shape index (κ2) is 8.62. The number of nitrogens with one attached hydrogen (secondary N) is 1. The molecule has 0 saturated heterocycles. The summed E-state index contributed by atoms with van der Waals surface area (Å²) in [7, 11) is 3.41. The van der Waals surface area contributed by atoms with Crippen LogP contribution in [0.2, 0.25) is 0 Å². The molecule has 0 radical (unpaired) electrons. The molecule has 2 unspecified atom stereocenters. The van der Waals surface area contributed by atoms with Gasteiger partial charge in [-0.05, 0) is 41.0 Å². The summed E-state index contributed by atoms with van der Waals surface area (Å²) in [6, 6.07) is 22.8. The third kappa shape index (κ3) is 3.71. The number of hydrogen-bond donors (Lipinski definition) is 1. The predicted molar refractivity (Wildman–Crippen MR) is 127 cm³/mol. The number of likely N-dealkylation sites (N-methyl/N-ethyl adjacent to an activating group) is 1. The monoisotopic (exact) mass is 441 g/mol. The molecule has 0 fully saturated rings. The molecule has 2 aliphatic heterocycles. The van der Waals surface area contributed by atoms with Crippen LogP contribution in [0.25, 0.3) is 0 Å². The molecule has 2 heterocycles. The van der Waals surface area contributed by atoms with Gasteiger partial charge in [0, 0.05) is 37.9 Å². The highest BCUT2D eigenvalue weighted by molar-refractivity contribution is 6.01. The van der Waals surface area contributed by atoms with Crippen LogP contribution in [0.4, 0.5) is 5.69 Å². The van der Waals surface area contributed by atoms with Crippen molar-refractivity contribution in [1.82, 2.24) is 9.80 Å². The number of para-hydroxylation sites is 1. The predicted octanol–water partition coefficient (Wildman–Crippen LogP) is 4.06. The number of ether oxygens (including phenoxy) is 1. The van der Waals surface area contributed by atoms with E-state index in [-0.39, 0.29) is 11.8 Å². The Balaban J connectivity index is 1.58. The molecule has 33 heavy (non-hydrogen) atoms. The number of nitrogens with zero attached hydrogens (tertiary/aromatic N) is 2. The second-order valence-corrected chi connectivity index (χ2v) is 8.54. The summed E-state index contributed by atoms with van der Waals surface area (Å²) in [5.41, 5.74) is 4.45. The van der Waals surface area contributed by atoms with Crippen LogP contribution in [0, 0.1) is 0 Å². The van der Waals surface area contributed by atoms with Gasteiger partial charge in [-0.2, -0.15) is 0 Å². The summed E-state index contributed by atoms with van der Waals surface area (Å²) in [6.45, 7) is 1.81. The lowest BCUT2D eigenvalue weighted by molar-refractivity contribution is -0.135. The van der Waals surface area contributed by atoms with Crippen LogP contribution < -0.4 is 10.1 Å². The van der Waals surface area contributed by atoms with Gasteiger partial charge in [-0.1, -0.05) is 48.5 Å². The van der Waals surface area contributed by atoms with Crippen molar-refractivity contribution in [2.24, 2.45) is 0 Å². The summed E-state index contributed by atoms with van der Waals surface area (Å²) in [5.74, 6) is 0.198. The molecule has 2 atom stereocenters. The molecule has 3 aromatic carbocycles. The lowest BCUT2D eigenvalue weighted by Crippen LogP contribution is -2.47. The van der Waals surface area contributed by atoms with Crippen LogP contribution in [0.1, 0.15) is 39.0 Å². The Labute approximate surface area is 193 Å². The van der Waals surface area contributed by atoms with E-state index in [0.29, 0.717) is 25.2 Å². The van der Waals surface area contributed by atoms with E-state index >= 15 is 0 Å². The first-order valence-corrected chi connectivity index (χ1v) is 11.2. The van der Waals surface area contributed by atoms with Crippen molar-refractivity contribution in [2.45, 2.75) is 18.5 Å². The molecule has 5 rings (SSSR count). The molecular weight excluding hydrogens is 414 g/mol. The van der Waals surface area contributed by atoms with E-state index < -0.39 is 12.0 Å². The Kier molecular flexibility index (Phi) is 5.50. The molecule has 3 aromatic rings. The van der Waals surface area contributed by atoms with E-state index in [1.54, 1.807) is 19.1 Å². The molecule has 0 aromatic heterocycles. The van der Waals surface area contributed by atoms with Gasteiger partial charge in [0.05, 0.1) is 19.1 Å². The number of rotatable bonds is 3. The maximum atomic E-state index is 14.2. The number of anilines is 1. The van der Waals surface area contributed by atoms with Crippen molar-refractivity contribution >= 4 is 17.5 Å². The van der Waals surface area contributed by atoms with Crippen LogP contribution in [0.15, 0.2) is 72.8 Å². The first-order valence-electron chi connectivity index (χ1n) is 11.2. The molecular formula is C27H27N3O3. The molecule has 0 spiro atoms. The van der Waals surface area contributed by atoms with E-state index in [0.717, 1.165) is 28.1 Å². The van der Waals surface area contributed by atoms with E-state index in [2.05, 4.69) is 11.4 Å². The van der Waals surface area contributed by atoms with E-state index in [1.807, 2.05) is 71.6 Å². The zero-order chi connectivity index (χ0) is 22.9. The topological polar surface area (TPSA) is 61.9 Å². The molecule has 6 nitrogen and oxygen atoms in total. The summed E-state index contributed by atoms with van der Waals surface area (Å²) in [4.78, 5) is 31.0. The average molecular weight is 442 g/mol. The Morgan fingerprint density at radius 1 is 1.00 bits per heavy atom. The number of amides is 2. The number of hydrogen-bond acceptors (Lipinski definition) is 4. The summed E-state index contributed by atoms with van der Waals surface area (Å²) < 4.78 is 5.31. The number of fused-ring (bicyclic) bond motifs is 2. The molecule has 0 aliphatic carbocycles. The minimum absolute atomic E-state index is 0.0288. The zero-order valence-electron chi connectivity index (χ0n) is 18.8. The maximum absolute atomic E-state index is 14.2. The quantitative estimate of drug-likeness (QED) is 0.666. The lowest BCUT2D eigenvalue weighted by Gasteiger charge is -2.41. The highest BCUT2D eigenvalue weighted by atomic mass is 16.5. The minimum Gasteiger partial charge on any atom is -0.497 e. The van der Waals surface area contributed by atoms with E-state index in [1.165, 1.54) is 0 Å². The fourth-order valence-electron chi connectivity index (χ4n) is 4.98. The number of carbonyl (C=O) groups is 2. The van der Waals surface area contributed by atoms with Gasteiger partial charge in [0.2, 0.25) is 5.91 Å². The molecule has 6 heteroatoms. The van der Waals surface area contributed by atoms with Crippen molar-refractivity contribution in [1.29, 1.82) is 0 Å². The molecule has 1 N–H and O–H groups in total. The summed E-state index contributed by atoms with van der Waals surface area (Å²) in [5, 5.41) is 3.43. The van der Waals surface area contributed by atoms with Crippen LogP contribution in [0.5, 0.6) is 5.75 Å². The second-order valence-electron chi connectivity index (χ2n) is 8.54. The lowest BCUT2D eigenvalue weighted by atomic mass is 9.79. The Morgan fingerprint density at radius 2 is 1.73 bits per heavy atom. The van der Waals surface area contributed by atoms with Crippen LogP contribution >= 0.6 is 0 Å². The van der Waals surface area contributed by atoms with Gasteiger partial charge < -0.3 is 19.9 Å². The first-order chi connectivity index (χ1) is 16.1. The fraction of sp³-hybridized carbons (Fsp3) is 0.259. The molecule has 0 saturated carbocycles. The smallest absolute Gasteiger partial charge is 0.254 e. The number of carbonyl (C=O) groups excluding carboxylic acids is 2. The average Bonchev–Trinajstić information content (AvgIpc) is 3.08. The molecule has 2 amide bonds. The van der Waals surface area contributed by atoms with Gasteiger partial charge in [-0.15, -0.1) is 0 Å². The van der Waals surface area contributed by atoms with Gasteiger partial charge >= 0.3 is 0 Å². The first kappa shape index (κ1) is 21.1. The SMILES string of the molecule is COc1ccc(C2C(C(=O)N3CCNc4ccccc4C3)c3ccccc3C(=O)N2C)cc1. The van der Waals surface area contributed by atoms with Gasteiger partial charge in [-0.3, -0.25) is 9.59 Å². The standard InChI is InChI=1S/C27H27N3O3/c1-29-25(18-11-13-20(33-2)14-12-18)24(21-8-4-5-9-22(21)26(29)31)27(32)30-16-15-28-23-10-6-3-7-19(23)17-30/h3-14,24-25,28H,15-17H2,1-2H3. The van der Waals surface area contributed by atoms with Crippen LogP contribution in [-0.2, 0) is 11.3 Å². The van der Waals surface area contributed by atoms with Crippen molar-refractivity contribution in [2.75, 3.05) is 32.6 Å². The van der Waals surface area contributed by atoms with E-state index in [4.69, 9.17) is 4.74 Å². The van der Waals surface area contributed by atoms with Gasteiger partial charge in [0.25, 0.3) is 5.91 Å². The number of methoxy groups -OCH3 is 1. The van der Waals surface area contributed by atoms with Gasteiger partial charge in [0.1, 0.15) is 5.75 Å². The number of benzene rings is 3. The Hall–Kier alpha value is -3.80. The molecule has 168 valence electrons. The fourth-order valence-corrected chi connectivity index (χ4v) is 4.98. The Bertz CT molecular complexity index is 1190. The molecule has 2 aliphatic rings. The third-order valence-corrected chi connectivity index (χ3v) is 6.69. The summed E-state index contributed by atoms with van der Waals surface area (Å²) >= 11 is 0. The van der Waals surface area contributed by atoms with Crippen molar-refractivity contribution < 1.29 is 14.3 Å². The largest absolute Gasteiger partial charge is 0.497 e. The van der Waals surface area contributed by atoms with Crippen molar-refractivity contribution in [3.05, 3.63) is 95.1 Å². The van der Waals surface area contributed by atoms with Gasteiger partial charge in [-0.25, -0.2) is 0 Å². The minimum atomic E-state index is -0.498. The Morgan fingerprint density at radius 3 is 2.52 bits per heavy atom. The van der Waals surface area contributed by atoms with Crippen LogP contribution in [-0.4, -0.2) is 48.9 Å². The zero-order valence-corrected chi connectivity index (χ0v) is 18.8. The van der Waals surface area contributed by atoms with Crippen LogP contribution in [0.3, 0.4) is 0 Å². The summed E-state index contributed by atoms with van der Waals surface area (Å²) in [6.07, 6.45) is 0. The van der Waals surface area contributed by atoms with E-state index in [9.17, 15) is 9.59 Å². The van der Waals surface area contributed by atoms with Crippen molar-refractivity contribution in [3.8, 4) is 5.75 Å². The highest BCUT2D eigenvalue weighted by Crippen LogP contribution is 2.43.